The van der Waals surface area contributed by atoms with Gasteiger partial charge in [-0.2, -0.15) is 0 Å². The second-order valence-corrected chi connectivity index (χ2v) is 4.45. The molecule has 1 saturated carbocycles. The van der Waals surface area contributed by atoms with Crippen molar-refractivity contribution in [3.63, 3.8) is 0 Å². The molecule has 1 fully saturated rings. The van der Waals surface area contributed by atoms with Gasteiger partial charge in [0.2, 0.25) is 0 Å². The van der Waals surface area contributed by atoms with E-state index in [1.807, 2.05) is 6.92 Å². The van der Waals surface area contributed by atoms with Crippen LogP contribution in [0.15, 0.2) is 16.7 Å². The van der Waals surface area contributed by atoms with Crippen molar-refractivity contribution >= 4 is 11.9 Å². The number of furan rings is 1. The van der Waals surface area contributed by atoms with Crippen molar-refractivity contribution in [3.8, 4) is 0 Å². The highest BCUT2D eigenvalue weighted by molar-refractivity contribution is 5.95. The summed E-state index contributed by atoms with van der Waals surface area (Å²) in [5, 5.41) is 11.6. The quantitative estimate of drug-likeness (QED) is 0.839. The molecule has 1 aromatic rings. The predicted molar refractivity (Wildman–Crippen MR) is 60.0 cm³/mol. The van der Waals surface area contributed by atoms with Crippen molar-refractivity contribution in [2.45, 2.75) is 38.1 Å². The lowest BCUT2D eigenvalue weighted by Gasteiger charge is -2.41. The first kappa shape index (κ1) is 11.7. The fraction of sp³-hybridized carbons (Fsp3) is 0.500. The molecule has 92 valence electrons. The third kappa shape index (κ3) is 2.18. The van der Waals surface area contributed by atoms with Gasteiger partial charge in [0.15, 0.2) is 5.76 Å². The van der Waals surface area contributed by atoms with Crippen molar-refractivity contribution < 1.29 is 19.1 Å². The minimum absolute atomic E-state index is 0.00527. The van der Waals surface area contributed by atoms with E-state index in [0.717, 1.165) is 31.9 Å². The van der Waals surface area contributed by atoms with Gasteiger partial charge in [0, 0.05) is 11.6 Å². The third-order valence-electron chi connectivity index (χ3n) is 3.44. The molecule has 1 aromatic heterocycles. The van der Waals surface area contributed by atoms with Gasteiger partial charge < -0.3 is 14.8 Å². The zero-order valence-electron chi connectivity index (χ0n) is 9.66. The van der Waals surface area contributed by atoms with E-state index in [-0.39, 0.29) is 22.8 Å². The van der Waals surface area contributed by atoms with E-state index in [9.17, 15) is 9.59 Å². The third-order valence-corrected chi connectivity index (χ3v) is 3.44. The fourth-order valence-electron chi connectivity index (χ4n) is 2.04. The Morgan fingerprint density at radius 3 is 2.65 bits per heavy atom. The van der Waals surface area contributed by atoms with Gasteiger partial charge in [-0.05, 0) is 25.7 Å². The first-order chi connectivity index (χ1) is 8.06. The summed E-state index contributed by atoms with van der Waals surface area (Å²) in [5.41, 5.74) is -0.123. The first-order valence-corrected chi connectivity index (χ1v) is 5.71. The molecule has 1 amide bonds. The molecule has 0 atom stereocenters. The highest BCUT2D eigenvalue weighted by Gasteiger charge is 2.37. The second kappa shape index (κ2) is 4.24. The molecule has 5 heteroatoms. The van der Waals surface area contributed by atoms with Gasteiger partial charge in [0.05, 0.1) is 5.56 Å². The Kier molecular flexibility index (Phi) is 2.92. The summed E-state index contributed by atoms with van der Waals surface area (Å²) < 4.78 is 4.95. The van der Waals surface area contributed by atoms with Crippen LogP contribution in [0, 0.1) is 0 Å². The Morgan fingerprint density at radius 1 is 1.53 bits per heavy atom. The minimum atomic E-state index is -1.10. The molecule has 1 aliphatic carbocycles. The minimum Gasteiger partial charge on any atom is -0.478 e. The average Bonchev–Trinajstić information content (AvgIpc) is 2.72. The van der Waals surface area contributed by atoms with Crippen LogP contribution in [-0.2, 0) is 0 Å². The van der Waals surface area contributed by atoms with Gasteiger partial charge in [-0.15, -0.1) is 0 Å². The second-order valence-electron chi connectivity index (χ2n) is 4.45. The lowest BCUT2D eigenvalue weighted by Crippen LogP contribution is -2.52. The van der Waals surface area contributed by atoms with Crippen LogP contribution in [0.4, 0.5) is 0 Å². The molecule has 1 heterocycles. The van der Waals surface area contributed by atoms with Crippen LogP contribution in [0.2, 0.25) is 0 Å². The van der Waals surface area contributed by atoms with Gasteiger partial charge in [-0.25, -0.2) is 4.79 Å². The van der Waals surface area contributed by atoms with Crippen LogP contribution in [0.3, 0.4) is 0 Å². The van der Waals surface area contributed by atoms with E-state index in [1.165, 1.54) is 6.07 Å². The lowest BCUT2D eigenvalue weighted by atomic mass is 9.75. The molecule has 0 spiro atoms. The molecule has 2 N–H and O–H groups in total. The number of amides is 1. The monoisotopic (exact) mass is 237 g/mol. The Bertz CT molecular complexity index is 440. The molecule has 0 aromatic carbocycles. The lowest BCUT2D eigenvalue weighted by molar-refractivity contribution is 0.0695. The van der Waals surface area contributed by atoms with Crippen molar-refractivity contribution in [2.75, 3.05) is 0 Å². The maximum atomic E-state index is 11.9. The Hall–Kier alpha value is -1.78. The zero-order chi connectivity index (χ0) is 12.5. The molecule has 17 heavy (non-hydrogen) atoms. The van der Waals surface area contributed by atoms with E-state index in [2.05, 4.69) is 5.32 Å². The van der Waals surface area contributed by atoms with Crippen molar-refractivity contribution in [1.82, 2.24) is 5.32 Å². The number of carboxylic acid groups (broad SMARTS) is 1. The summed E-state index contributed by atoms with van der Waals surface area (Å²) in [5.74, 6) is -1.37. The Balaban J connectivity index is 2.06. The summed E-state index contributed by atoms with van der Waals surface area (Å²) in [6.07, 6.45) is 5.03. The summed E-state index contributed by atoms with van der Waals surface area (Å²) in [6, 6.07) is 1.25. The van der Waals surface area contributed by atoms with Gasteiger partial charge >= 0.3 is 5.97 Å². The van der Waals surface area contributed by atoms with Crippen LogP contribution in [0.1, 0.15) is 53.5 Å². The highest BCUT2D eigenvalue weighted by atomic mass is 16.4. The van der Waals surface area contributed by atoms with E-state index >= 15 is 0 Å². The van der Waals surface area contributed by atoms with Crippen LogP contribution in [0.5, 0.6) is 0 Å². The summed E-state index contributed by atoms with van der Waals surface area (Å²) in [6.45, 7) is 2.03. The number of nitrogens with one attached hydrogen (secondary N) is 1. The molecule has 0 unspecified atom stereocenters. The number of rotatable bonds is 4. The average molecular weight is 237 g/mol. The fourth-order valence-corrected chi connectivity index (χ4v) is 2.04. The largest absolute Gasteiger partial charge is 0.478 e. The molecular formula is C12H15NO4. The molecule has 1 aliphatic rings. The van der Waals surface area contributed by atoms with Crippen LogP contribution >= 0.6 is 0 Å². The number of hydrogen-bond donors (Lipinski definition) is 2. The first-order valence-electron chi connectivity index (χ1n) is 5.71. The topological polar surface area (TPSA) is 79.5 Å². The molecule has 0 radical (unpaired) electrons. The van der Waals surface area contributed by atoms with E-state index in [4.69, 9.17) is 9.52 Å². The maximum absolute atomic E-state index is 11.9. The molecule has 0 bridgehead atoms. The van der Waals surface area contributed by atoms with E-state index in [0.29, 0.717) is 0 Å². The predicted octanol–water partition coefficient (Wildman–Crippen LogP) is 2.04. The van der Waals surface area contributed by atoms with Gasteiger partial charge in [0.1, 0.15) is 6.26 Å². The number of aromatic carboxylic acids is 1. The van der Waals surface area contributed by atoms with Gasteiger partial charge in [-0.1, -0.05) is 6.92 Å². The standard InChI is InChI=1S/C12H15NO4/c1-2-12(4-3-5-12)13-10(14)9-6-8(7-17-9)11(15)16/h6-7H,2-5H2,1H3,(H,13,14)(H,15,16). The normalized spacial score (nSPS) is 17.2. The van der Waals surface area contributed by atoms with Crippen LogP contribution in [-0.4, -0.2) is 22.5 Å². The van der Waals surface area contributed by atoms with Crippen LogP contribution < -0.4 is 5.32 Å². The summed E-state index contributed by atoms with van der Waals surface area (Å²) in [7, 11) is 0. The van der Waals surface area contributed by atoms with E-state index < -0.39 is 5.97 Å². The van der Waals surface area contributed by atoms with Crippen molar-refractivity contribution in [1.29, 1.82) is 0 Å². The molecule has 0 saturated heterocycles. The van der Waals surface area contributed by atoms with Gasteiger partial charge in [-0.3, -0.25) is 4.79 Å². The number of carbonyl (C=O) groups is 2. The maximum Gasteiger partial charge on any atom is 0.338 e. The summed E-state index contributed by atoms with van der Waals surface area (Å²) in [4.78, 5) is 22.5. The molecular weight excluding hydrogens is 222 g/mol. The zero-order valence-corrected chi connectivity index (χ0v) is 9.66. The molecule has 0 aliphatic heterocycles. The Labute approximate surface area is 98.8 Å². The highest BCUT2D eigenvalue weighted by Crippen LogP contribution is 2.34. The summed E-state index contributed by atoms with van der Waals surface area (Å²) >= 11 is 0. The molecule has 5 nitrogen and oxygen atoms in total. The van der Waals surface area contributed by atoms with E-state index in [1.54, 1.807) is 0 Å². The van der Waals surface area contributed by atoms with Crippen molar-refractivity contribution in [2.24, 2.45) is 0 Å². The van der Waals surface area contributed by atoms with Crippen LogP contribution in [0.25, 0.3) is 0 Å². The number of hydrogen-bond acceptors (Lipinski definition) is 3. The van der Waals surface area contributed by atoms with Crippen molar-refractivity contribution in [3.05, 3.63) is 23.7 Å². The number of carboxylic acids is 1. The Morgan fingerprint density at radius 2 is 2.24 bits per heavy atom. The molecule has 2 rings (SSSR count). The number of carbonyl (C=O) groups excluding carboxylic acids is 1. The smallest absolute Gasteiger partial charge is 0.338 e. The SMILES string of the molecule is CCC1(NC(=O)c2cc(C(=O)O)co2)CCC1. The van der Waals surface area contributed by atoms with Gasteiger partial charge in [0.25, 0.3) is 5.91 Å².